The van der Waals surface area contributed by atoms with Crippen molar-refractivity contribution in [1.82, 2.24) is 0 Å². The van der Waals surface area contributed by atoms with E-state index in [0.717, 1.165) is 0 Å². The largest absolute Gasteiger partial charge is 0.371 e. The van der Waals surface area contributed by atoms with Crippen molar-refractivity contribution in [2.45, 2.75) is 65.7 Å². The molecule has 0 fully saturated rings. The van der Waals surface area contributed by atoms with E-state index in [0.29, 0.717) is 0 Å². The molecule has 0 atom stereocenters. The first-order valence-electron chi connectivity index (χ1n) is 8.10. The fourth-order valence-corrected chi connectivity index (χ4v) is 2.62. The second-order valence-electron chi connectivity index (χ2n) is 5.54. The molecule has 0 saturated heterocycles. The highest BCUT2D eigenvalue weighted by Crippen LogP contribution is 2.20. The van der Waals surface area contributed by atoms with E-state index in [1.54, 1.807) is 0 Å². The Morgan fingerprint density at radius 2 is 1.47 bits per heavy atom. The number of hydrogen-bond acceptors (Lipinski definition) is 1. The third kappa shape index (κ3) is 6.13. The van der Waals surface area contributed by atoms with Gasteiger partial charge in [0.25, 0.3) is 0 Å². The molecule has 0 amide bonds. The third-order valence-electron chi connectivity index (χ3n) is 3.73. The maximum Gasteiger partial charge on any atom is 0.0395 e. The quantitative estimate of drug-likeness (QED) is 0.497. The fraction of sp³-hybridized carbons (Fsp3) is 0.667. The number of nitrogens with zero attached hydrogens (tertiary/aromatic N) is 1. The normalized spacial score (nSPS) is 10.7. The molecule has 0 radical (unpaired) electrons. The molecule has 0 unspecified atom stereocenters. The molecule has 0 aliphatic rings. The van der Waals surface area contributed by atoms with Gasteiger partial charge in [0.05, 0.1) is 0 Å². The molecule has 0 N–H and O–H groups in total. The summed E-state index contributed by atoms with van der Waals surface area (Å²) in [6, 6.07) is 8.78. The van der Waals surface area contributed by atoms with Crippen LogP contribution in [-0.2, 0) is 0 Å². The molecule has 1 aromatic rings. The van der Waals surface area contributed by atoms with Crippen LogP contribution < -0.4 is 4.90 Å². The highest BCUT2D eigenvalue weighted by Gasteiger charge is 2.07. The number of aryl methyl sites for hydroxylation is 1. The average Bonchev–Trinajstić information content (AvgIpc) is 2.42. The van der Waals surface area contributed by atoms with Gasteiger partial charge in [0.1, 0.15) is 0 Å². The predicted octanol–water partition coefficient (Wildman–Crippen LogP) is 5.57. The lowest BCUT2D eigenvalue weighted by atomic mass is 10.1. The van der Waals surface area contributed by atoms with Gasteiger partial charge in [-0.15, -0.1) is 0 Å². The van der Waals surface area contributed by atoms with Crippen molar-refractivity contribution in [3.8, 4) is 0 Å². The molecule has 0 aliphatic carbocycles. The molecule has 1 heteroatoms. The summed E-state index contributed by atoms with van der Waals surface area (Å²) < 4.78 is 0. The van der Waals surface area contributed by atoms with Crippen molar-refractivity contribution < 1.29 is 0 Å². The average molecular weight is 261 g/mol. The lowest BCUT2D eigenvalue weighted by Crippen LogP contribution is -2.26. The molecule has 0 bridgehead atoms. The molecule has 0 heterocycles. The van der Waals surface area contributed by atoms with Crippen LogP contribution >= 0.6 is 0 Å². The second kappa shape index (κ2) is 9.89. The summed E-state index contributed by atoms with van der Waals surface area (Å²) in [6.07, 6.45) is 9.49. The zero-order valence-electron chi connectivity index (χ0n) is 13.1. The fourth-order valence-electron chi connectivity index (χ4n) is 2.62. The van der Waals surface area contributed by atoms with Crippen molar-refractivity contribution >= 4 is 5.69 Å². The van der Waals surface area contributed by atoms with Crippen LogP contribution in [-0.4, -0.2) is 13.1 Å². The maximum absolute atomic E-state index is 2.56. The van der Waals surface area contributed by atoms with E-state index in [-0.39, 0.29) is 0 Å². The minimum Gasteiger partial charge on any atom is -0.371 e. The number of para-hydroxylation sites is 1. The van der Waals surface area contributed by atoms with Crippen LogP contribution in [0, 0.1) is 6.92 Å². The van der Waals surface area contributed by atoms with Crippen LogP contribution in [0.4, 0.5) is 5.69 Å². The molecule has 19 heavy (non-hydrogen) atoms. The second-order valence-corrected chi connectivity index (χ2v) is 5.54. The molecule has 0 aliphatic heterocycles. The van der Waals surface area contributed by atoms with Gasteiger partial charge in [0, 0.05) is 18.8 Å². The van der Waals surface area contributed by atoms with Gasteiger partial charge in [0.2, 0.25) is 0 Å². The summed E-state index contributed by atoms with van der Waals surface area (Å²) in [5, 5.41) is 0. The lowest BCUT2D eigenvalue weighted by molar-refractivity contribution is 0.596. The maximum atomic E-state index is 2.56. The van der Waals surface area contributed by atoms with E-state index in [1.165, 1.54) is 69.3 Å². The van der Waals surface area contributed by atoms with Crippen molar-refractivity contribution in [2.75, 3.05) is 18.0 Å². The van der Waals surface area contributed by atoms with Gasteiger partial charge in [-0.3, -0.25) is 0 Å². The van der Waals surface area contributed by atoms with E-state index in [4.69, 9.17) is 0 Å². The summed E-state index contributed by atoms with van der Waals surface area (Å²) >= 11 is 0. The Morgan fingerprint density at radius 1 is 0.789 bits per heavy atom. The molecule has 108 valence electrons. The highest BCUT2D eigenvalue weighted by molar-refractivity contribution is 5.52. The van der Waals surface area contributed by atoms with Gasteiger partial charge < -0.3 is 4.90 Å². The number of anilines is 1. The molecule has 1 nitrogen and oxygen atoms in total. The molecule has 0 saturated carbocycles. The first-order valence-corrected chi connectivity index (χ1v) is 8.10. The third-order valence-corrected chi connectivity index (χ3v) is 3.73. The summed E-state index contributed by atoms with van der Waals surface area (Å²) in [5.41, 5.74) is 2.83. The Balaban J connectivity index is 2.39. The van der Waals surface area contributed by atoms with Crippen LogP contribution in [0.2, 0.25) is 0 Å². The summed E-state index contributed by atoms with van der Waals surface area (Å²) in [6.45, 7) is 9.16. The van der Waals surface area contributed by atoms with E-state index < -0.39 is 0 Å². The zero-order valence-corrected chi connectivity index (χ0v) is 13.1. The number of unbranched alkanes of at least 4 members (excludes halogenated alkanes) is 5. The number of rotatable bonds is 10. The van der Waals surface area contributed by atoms with Gasteiger partial charge in [-0.25, -0.2) is 0 Å². The van der Waals surface area contributed by atoms with Crippen molar-refractivity contribution in [3.05, 3.63) is 29.8 Å². The molecule has 0 aromatic heterocycles. The van der Waals surface area contributed by atoms with E-state index >= 15 is 0 Å². The summed E-state index contributed by atoms with van der Waals surface area (Å²) in [4.78, 5) is 2.56. The summed E-state index contributed by atoms with van der Waals surface area (Å²) in [7, 11) is 0. The molecule has 0 spiro atoms. The Bertz CT molecular complexity index is 332. The van der Waals surface area contributed by atoms with Crippen LogP contribution in [0.1, 0.15) is 64.4 Å². The number of benzene rings is 1. The van der Waals surface area contributed by atoms with Gasteiger partial charge >= 0.3 is 0 Å². The molecular formula is C18H31N. The zero-order chi connectivity index (χ0) is 13.9. The van der Waals surface area contributed by atoms with Crippen molar-refractivity contribution in [1.29, 1.82) is 0 Å². The van der Waals surface area contributed by atoms with E-state index in [9.17, 15) is 0 Å². The van der Waals surface area contributed by atoms with Gasteiger partial charge in [-0.05, 0) is 31.4 Å². The highest BCUT2D eigenvalue weighted by atomic mass is 15.1. The van der Waals surface area contributed by atoms with E-state index in [1.807, 2.05) is 0 Å². The van der Waals surface area contributed by atoms with Crippen molar-refractivity contribution in [2.24, 2.45) is 0 Å². The van der Waals surface area contributed by atoms with E-state index in [2.05, 4.69) is 49.9 Å². The monoisotopic (exact) mass is 261 g/mol. The lowest BCUT2D eigenvalue weighted by Gasteiger charge is -2.26. The minimum absolute atomic E-state index is 1.18. The van der Waals surface area contributed by atoms with Gasteiger partial charge in [0.15, 0.2) is 0 Å². The van der Waals surface area contributed by atoms with Crippen LogP contribution in [0.15, 0.2) is 24.3 Å². The molecule has 1 rings (SSSR count). The Labute approximate surface area is 120 Å². The SMILES string of the molecule is CCCCCCCCN(CCC)c1ccccc1C. The topological polar surface area (TPSA) is 3.24 Å². The van der Waals surface area contributed by atoms with Crippen LogP contribution in [0.25, 0.3) is 0 Å². The van der Waals surface area contributed by atoms with Crippen LogP contribution in [0.5, 0.6) is 0 Å². The first-order chi connectivity index (χ1) is 9.29. The molecular weight excluding hydrogens is 230 g/mol. The first kappa shape index (κ1) is 16.1. The smallest absolute Gasteiger partial charge is 0.0395 e. The Morgan fingerprint density at radius 3 is 2.16 bits per heavy atom. The standard InChI is InChI=1S/C18H31N/c1-4-6-7-8-9-12-16-19(15-5-2)18-14-11-10-13-17(18)3/h10-11,13-14H,4-9,12,15-16H2,1-3H3. The predicted molar refractivity (Wildman–Crippen MR) is 87.1 cm³/mol. The van der Waals surface area contributed by atoms with Gasteiger partial charge in [-0.2, -0.15) is 0 Å². The van der Waals surface area contributed by atoms with Crippen molar-refractivity contribution in [3.63, 3.8) is 0 Å². The van der Waals surface area contributed by atoms with Gasteiger partial charge in [-0.1, -0.05) is 64.2 Å². The Kier molecular flexibility index (Phi) is 8.36. The Hall–Kier alpha value is -0.980. The minimum atomic E-state index is 1.18. The molecule has 1 aromatic carbocycles. The number of hydrogen-bond donors (Lipinski definition) is 0. The van der Waals surface area contributed by atoms with Crippen LogP contribution in [0.3, 0.4) is 0 Å². The summed E-state index contributed by atoms with van der Waals surface area (Å²) in [5.74, 6) is 0.